The van der Waals surface area contributed by atoms with Crippen LogP contribution in [0.15, 0.2) is 18.2 Å². The van der Waals surface area contributed by atoms with Crippen LogP contribution in [0.2, 0.25) is 5.02 Å². The number of hydrogen-bond acceptors (Lipinski definition) is 3. The van der Waals surface area contributed by atoms with E-state index in [0.29, 0.717) is 30.6 Å². The van der Waals surface area contributed by atoms with Crippen LogP contribution in [-0.4, -0.2) is 29.1 Å². The summed E-state index contributed by atoms with van der Waals surface area (Å²) in [6.45, 7) is 4.04. The molecule has 1 heterocycles. The Morgan fingerprint density at radius 3 is 3.06 bits per heavy atom. The minimum Gasteiger partial charge on any atom is -0.382 e. The smallest absolute Gasteiger partial charge is 0.185 e. The number of nitrogens with zero attached hydrogens (tertiary/aromatic N) is 2. The molecule has 0 bridgehead atoms. The van der Waals surface area contributed by atoms with Crippen LogP contribution in [0.1, 0.15) is 24.0 Å². The van der Waals surface area contributed by atoms with Crippen LogP contribution < -0.4 is 0 Å². The molecule has 0 amide bonds. The molecule has 0 radical (unpaired) electrons. The molecule has 0 N–H and O–H groups in total. The zero-order chi connectivity index (χ0) is 13.0. The van der Waals surface area contributed by atoms with E-state index in [4.69, 9.17) is 16.3 Å². The summed E-state index contributed by atoms with van der Waals surface area (Å²) in [7, 11) is 0. The molecule has 4 nitrogen and oxygen atoms in total. The van der Waals surface area contributed by atoms with Gasteiger partial charge in [0.15, 0.2) is 12.1 Å². The largest absolute Gasteiger partial charge is 0.382 e. The average molecular weight is 267 g/mol. The quantitative estimate of drug-likeness (QED) is 0.596. The fourth-order valence-corrected chi connectivity index (χ4v) is 2.07. The summed E-state index contributed by atoms with van der Waals surface area (Å²) >= 11 is 5.97. The molecule has 0 unspecified atom stereocenters. The van der Waals surface area contributed by atoms with Gasteiger partial charge in [-0.15, -0.1) is 0 Å². The first-order valence-electron chi connectivity index (χ1n) is 5.95. The van der Waals surface area contributed by atoms with E-state index in [1.54, 1.807) is 6.07 Å². The Balaban J connectivity index is 2.28. The van der Waals surface area contributed by atoms with E-state index >= 15 is 0 Å². The summed E-state index contributed by atoms with van der Waals surface area (Å²) < 4.78 is 7.18. The third-order valence-corrected chi connectivity index (χ3v) is 2.95. The monoisotopic (exact) mass is 266 g/mol. The number of carbonyl (C=O) groups is 1. The van der Waals surface area contributed by atoms with E-state index in [9.17, 15) is 4.79 Å². The summed E-state index contributed by atoms with van der Waals surface area (Å²) in [5, 5.41) is 0.644. The maximum atomic E-state index is 11.0. The predicted octanol–water partition coefficient (Wildman–Crippen LogP) is 2.93. The molecular formula is C13H15ClN2O2. The van der Waals surface area contributed by atoms with Crippen LogP contribution in [0.25, 0.3) is 11.0 Å². The van der Waals surface area contributed by atoms with Gasteiger partial charge in [-0.2, -0.15) is 0 Å². The molecule has 0 aliphatic heterocycles. The summed E-state index contributed by atoms with van der Waals surface area (Å²) in [5.41, 5.74) is 1.68. The summed E-state index contributed by atoms with van der Waals surface area (Å²) in [5.74, 6) is 0.434. The highest BCUT2D eigenvalue weighted by Crippen LogP contribution is 2.20. The van der Waals surface area contributed by atoms with E-state index < -0.39 is 0 Å². The normalized spacial score (nSPS) is 11.0. The molecule has 0 aliphatic carbocycles. The number of halogens is 1. The van der Waals surface area contributed by atoms with Crippen LogP contribution in [-0.2, 0) is 11.3 Å². The van der Waals surface area contributed by atoms with E-state index in [2.05, 4.69) is 4.98 Å². The van der Waals surface area contributed by atoms with Crippen molar-refractivity contribution in [3.63, 3.8) is 0 Å². The van der Waals surface area contributed by atoms with Crippen LogP contribution in [0.5, 0.6) is 0 Å². The molecule has 0 fully saturated rings. The minimum atomic E-state index is 0.434. The van der Waals surface area contributed by atoms with Crippen molar-refractivity contribution < 1.29 is 9.53 Å². The second-order valence-corrected chi connectivity index (χ2v) is 4.36. The van der Waals surface area contributed by atoms with Gasteiger partial charge in [-0.05, 0) is 31.5 Å². The Kier molecular flexibility index (Phi) is 4.33. The molecule has 0 saturated carbocycles. The molecule has 5 heteroatoms. The number of aromatic nitrogens is 2. The number of ether oxygens (including phenoxy) is 1. The van der Waals surface area contributed by atoms with Crippen molar-refractivity contribution in [3.8, 4) is 0 Å². The first kappa shape index (κ1) is 13.1. The summed E-state index contributed by atoms with van der Waals surface area (Å²) in [6.07, 6.45) is 1.61. The molecule has 1 aromatic carbocycles. The zero-order valence-electron chi connectivity index (χ0n) is 10.2. The van der Waals surface area contributed by atoms with Crippen molar-refractivity contribution in [2.75, 3.05) is 13.2 Å². The number of carbonyl (C=O) groups excluding carboxylic acids is 1. The Labute approximate surface area is 111 Å². The van der Waals surface area contributed by atoms with Crippen LogP contribution >= 0.6 is 11.6 Å². The number of hydrogen-bond donors (Lipinski definition) is 0. The number of rotatable bonds is 6. The molecule has 0 aliphatic rings. The Morgan fingerprint density at radius 2 is 2.33 bits per heavy atom. The van der Waals surface area contributed by atoms with E-state index in [1.165, 1.54) is 0 Å². The topological polar surface area (TPSA) is 44.1 Å². The fraction of sp³-hybridized carbons (Fsp3) is 0.385. The Hall–Kier alpha value is -1.39. The SMILES string of the molecule is CCOCCCn1c(C=O)nc2ccc(Cl)cc21. The van der Waals surface area contributed by atoms with Crippen molar-refractivity contribution in [1.82, 2.24) is 9.55 Å². The zero-order valence-corrected chi connectivity index (χ0v) is 11.0. The van der Waals surface area contributed by atoms with Gasteiger partial charge in [0.25, 0.3) is 0 Å². The van der Waals surface area contributed by atoms with Gasteiger partial charge >= 0.3 is 0 Å². The maximum absolute atomic E-state index is 11.0. The van der Waals surface area contributed by atoms with Crippen molar-refractivity contribution >= 4 is 28.9 Å². The van der Waals surface area contributed by atoms with Crippen molar-refractivity contribution in [1.29, 1.82) is 0 Å². The molecule has 1 aromatic heterocycles. The van der Waals surface area contributed by atoms with Gasteiger partial charge in [0.05, 0.1) is 11.0 Å². The van der Waals surface area contributed by atoms with Crippen LogP contribution in [0.4, 0.5) is 0 Å². The molecule has 96 valence electrons. The molecule has 0 atom stereocenters. The van der Waals surface area contributed by atoms with Crippen molar-refractivity contribution in [2.24, 2.45) is 0 Å². The van der Waals surface area contributed by atoms with Gasteiger partial charge in [0.1, 0.15) is 0 Å². The van der Waals surface area contributed by atoms with Gasteiger partial charge in [0, 0.05) is 24.8 Å². The highest BCUT2D eigenvalue weighted by atomic mass is 35.5. The van der Waals surface area contributed by atoms with Gasteiger partial charge in [-0.25, -0.2) is 4.98 Å². The highest BCUT2D eigenvalue weighted by Gasteiger charge is 2.09. The van der Waals surface area contributed by atoms with Crippen LogP contribution in [0.3, 0.4) is 0 Å². The lowest BCUT2D eigenvalue weighted by Crippen LogP contribution is -2.06. The molecule has 18 heavy (non-hydrogen) atoms. The first-order chi connectivity index (χ1) is 8.76. The van der Waals surface area contributed by atoms with Crippen molar-refractivity contribution in [3.05, 3.63) is 29.0 Å². The van der Waals surface area contributed by atoms with E-state index in [-0.39, 0.29) is 0 Å². The number of imidazole rings is 1. The minimum absolute atomic E-state index is 0.434. The Bertz CT molecular complexity index is 551. The highest BCUT2D eigenvalue weighted by molar-refractivity contribution is 6.31. The molecule has 0 saturated heterocycles. The maximum Gasteiger partial charge on any atom is 0.185 e. The summed E-state index contributed by atoms with van der Waals surface area (Å²) in [4.78, 5) is 15.3. The number of fused-ring (bicyclic) bond motifs is 1. The van der Waals surface area contributed by atoms with Gasteiger partial charge < -0.3 is 9.30 Å². The number of benzene rings is 1. The van der Waals surface area contributed by atoms with E-state index in [0.717, 1.165) is 23.7 Å². The van der Waals surface area contributed by atoms with Gasteiger partial charge in [-0.1, -0.05) is 11.6 Å². The standard InChI is InChI=1S/C13H15ClN2O2/c1-2-18-7-3-6-16-12-8-10(14)4-5-11(12)15-13(16)9-17/h4-5,8-9H,2-3,6-7H2,1H3. The van der Waals surface area contributed by atoms with E-state index in [1.807, 2.05) is 23.6 Å². The average Bonchev–Trinajstić information content (AvgIpc) is 2.72. The molecular weight excluding hydrogens is 252 g/mol. The number of aryl methyl sites for hydroxylation is 1. The lowest BCUT2D eigenvalue weighted by molar-refractivity contribution is 0.110. The second-order valence-electron chi connectivity index (χ2n) is 3.92. The summed E-state index contributed by atoms with van der Waals surface area (Å²) in [6, 6.07) is 5.43. The lowest BCUT2D eigenvalue weighted by Gasteiger charge is -2.06. The third-order valence-electron chi connectivity index (χ3n) is 2.72. The van der Waals surface area contributed by atoms with Gasteiger partial charge in [0.2, 0.25) is 0 Å². The molecule has 2 aromatic rings. The predicted molar refractivity (Wildman–Crippen MR) is 71.2 cm³/mol. The first-order valence-corrected chi connectivity index (χ1v) is 6.32. The lowest BCUT2D eigenvalue weighted by atomic mass is 10.3. The Morgan fingerprint density at radius 1 is 1.50 bits per heavy atom. The fourth-order valence-electron chi connectivity index (χ4n) is 1.91. The van der Waals surface area contributed by atoms with Gasteiger partial charge in [-0.3, -0.25) is 4.79 Å². The second kappa shape index (κ2) is 5.98. The van der Waals surface area contributed by atoms with Crippen molar-refractivity contribution in [2.45, 2.75) is 19.9 Å². The molecule has 0 spiro atoms. The third kappa shape index (κ3) is 2.71. The van der Waals surface area contributed by atoms with Crippen LogP contribution in [0, 0.1) is 0 Å². The number of aldehydes is 1. The molecule has 2 rings (SSSR count).